The molecule has 0 aliphatic carbocycles. The van der Waals surface area contributed by atoms with E-state index in [1.165, 1.54) is 42.4 Å². The first kappa shape index (κ1) is 13.4. The Kier molecular flexibility index (Phi) is 4.01. The van der Waals surface area contributed by atoms with Crippen molar-refractivity contribution in [2.75, 3.05) is 14.1 Å². The molecule has 0 amide bonds. The predicted octanol–water partition coefficient (Wildman–Crippen LogP) is 1.17. The molecule has 1 aromatic carbocycles. The molecule has 0 saturated carbocycles. The van der Waals surface area contributed by atoms with Gasteiger partial charge in [-0.15, -0.1) is 4.40 Å². The zero-order valence-electron chi connectivity index (χ0n) is 9.91. The molecule has 0 spiro atoms. The molecular formula is C11H14N2O3S. The van der Waals surface area contributed by atoms with Crippen LogP contribution in [-0.4, -0.2) is 39.5 Å². The summed E-state index contributed by atoms with van der Waals surface area (Å²) in [6.07, 6.45) is 1.22. The number of nitrogens with zero attached hydrogens (tertiary/aromatic N) is 2. The van der Waals surface area contributed by atoms with E-state index >= 15 is 0 Å². The summed E-state index contributed by atoms with van der Waals surface area (Å²) in [5.41, 5.74) is 0.473. The van der Waals surface area contributed by atoms with Gasteiger partial charge in [-0.2, -0.15) is 8.42 Å². The van der Waals surface area contributed by atoms with E-state index in [0.29, 0.717) is 5.56 Å². The summed E-state index contributed by atoms with van der Waals surface area (Å²) in [7, 11) is -0.324. The second-order valence-electron chi connectivity index (χ2n) is 3.74. The molecule has 92 valence electrons. The molecule has 0 fully saturated rings. The predicted molar refractivity (Wildman–Crippen MR) is 65.8 cm³/mol. The van der Waals surface area contributed by atoms with Gasteiger partial charge >= 0.3 is 0 Å². The van der Waals surface area contributed by atoms with Crippen LogP contribution in [-0.2, 0) is 10.0 Å². The van der Waals surface area contributed by atoms with Crippen LogP contribution in [0.3, 0.4) is 0 Å². The molecule has 0 N–H and O–H groups in total. The molecule has 0 heterocycles. The quantitative estimate of drug-likeness (QED) is 0.459. The Morgan fingerprint density at radius 3 is 2.18 bits per heavy atom. The van der Waals surface area contributed by atoms with Gasteiger partial charge in [-0.3, -0.25) is 4.79 Å². The molecule has 0 bridgehead atoms. The summed E-state index contributed by atoms with van der Waals surface area (Å²) in [4.78, 5) is 12.6. The molecule has 0 radical (unpaired) electrons. The van der Waals surface area contributed by atoms with Gasteiger partial charge in [-0.25, -0.2) is 0 Å². The number of ketones is 1. The Morgan fingerprint density at radius 2 is 1.76 bits per heavy atom. The van der Waals surface area contributed by atoms with Gasteiger partial charge < -0.3 is 4.90 Å². The number of hydrogen-bond donors (Lipinski definition) is 0. The summed E-state index contributed by atoms with van der Waals surface area (Å²) in [5.74, 6) is -0.106. The van der Waals surface area contributed by atoms with E-state index < -0.39 is 10.0 Å². The van der Waals surface area contributed by atoms with Crippen LogP contribution < -0.4 is 0 Å². The summed E-state index contributed by atoms with van der Waals surface area (Å²) in [6, 6.07) is 5.69. The molecule has 1 rings (SSSR count). The van der Waals surface area contributed by atoms with Crippen LogP contribution >= 0.6 is 0 Å². The Hall–Kier alpha value is -1.69. The number of sulfonamides is 1. The Balaban J connectivity index is 3.05. The molecule has 5 nitrogen and oxygen atoms in total. The number of carbonyl (C=O) groups is 1. The van der Waals surface area contributed by atoms with Crippen molar-refractivity contribution in [2.45, 2.75) is 11.8 Å². The molecule has 17 heavy (non-hydrogen) atoms. The molecule has 0 aromatic heterocycles. The fraction of sp³-hybridized carbons (Fsp3) is 0.273. The van der Waals surface area contributed by atoms with Gasteiger partial charge in [0.25, 0.3) is 10.0 Å². The lowest BCUT2D eigenvalue weighted by Crippen LogP contribution is -2.10. The van der Waals surface area contributed by atoms with Gasteiger partial charge in [-0.05, 0) is 19.1 Å². The van der Waals surface area contributed by atoms with E-state index in [9.17, 15) is 13.2 Å². The van der Waals surface area contributed by atoms with Gasteiger partial charge in [0, 0.05) is 19.7 Å². The first-order valence-electron chi connectivity index (χ1n) is 4.91. The van der Waals surface area contributed by atoms with Crippen molar-refractivity contribution in [2.24, 2.45) is 4.40 Å². The summed E-state index contributed by atoms with van der Waals surface area (Å²) >= 11 is 0. The summed E-state index contributed by atoms with van der Waals surface area (Å²) in [5, 5.41) is 0. The molecule has 6 heteroatoms. The van der Waals surface area contributed by atoms with E-state index in [0.717, 1.165) is 0 Å². The average molecular weight is 254 g/mol. The Labute approximate surface area is 101 Å². The lowest BCUT2D eigenvalue weighted by Gasteiger charge is -2.03. The van der Waals surface area contributed by atoms with Crippen LogP contribution in [0, 0.1) is 0 Å². The fourth-order valence-corrected chi connectivity index (χ4v) is 1.99. The SMILES string of the molecule is CC(=O)c1ccc(S(=O)(=O)/N=C/N(C)C)cc1. The van der Waals surface area contributed by atoms with Gasteiger partial charge in [0.05, 0.1) is 4.90 Å². The van der Waals surface area contributed by atoms with Crippen molar-refractivity contribution in [3.63, 3.8) is 0 Å². The van der Waals surface area contributed by atoms with Crippen LogP contribution in [0.2, 0.25) is 0 Å². The van der Waals surface area contributed by atoms with E-state index in [1.807, 2.05) is 0 Å². The maximum Gasteiger partial charge on any atom is 0.283 e. The normalized spacial score (nSPS) is 11.7. The van der Waals surface area contributed by atoms with Crippen molar-refractivity contribution in [3.8, 4) is 0 Å². The standard InChI is InChI=1S/C11H14N2O3S/c1-9(14)10-4-6-11(7-5-10)17(15,16)12-8-13(2)3/h4-8H,1-3H3/b12-8+. The third-order valence-electron chi connectivity index (χ3n) is 1.98. The van der Waals surface area contributed by atoms with Crippen LogP contribution in [0.5, 0.6) is 0 Å². The highest BCUT2D eigenvalue weighted by atomic mass is 32.2. The van der Waals surface area contributed by atoms with Crippen molar-refractivity contribution in [3.05, 3.63) is 29.8 Å². The van der Waals surface area contributed by atoms with Gasteiger partial charge in [0.1, 0.15) is 6.34 Å². The number of Topliss-reactive ketones (excluding diaryl/α,β-unsaturated/α-hetero) is 1. The van der Waals surface area contributed by atoms with Crippen LogP contribution in [0.4, 0.5) is 0 Å². The minimum atomic E-state index is -3.68. The zero-order valence-corrected chi connectivity index (χ0v) is 10.7. The maximum absolute atomic E-state index is 11.7. The maximum atomic E-state index is 11.7. The monoisotopic (exact) mass is 254 g/mol. The third-order valence-corrected chi connectivity index (χ3v) is 3.22. The van der Waals surface area contributed by atoms with E-state index in [2.05, 4.69) is 4.40 Å². The highest BCUT2D eigenvalue weighted by Crippen LogP contribution is 2.13. The van der Waals surface area contributed by atoms with Crippen LogP contribution in [0.25, 0.3) is 0 Å². The van der Waals surface area contributed by atoms with Crippen molar-refractivity contribution < 1.29 is 13.2 Å². The lowest BCUT2D eigenvalue weighted by atomic mass is 10.2. The fourth-order valence-electron chi connectivity index (χ4n) is 1.08. The van der Waals surface area contributed by atoms with Gasteiger partial charge in [0.2, 0.25) is 0 Å². The molecular weight excluding hydrogens is 240 g/mol. The third kappa shape index (κ3) is 3.67. The second-order valence-corrected chi connectivity index (χ2v) is 5.37. The molecule has 0 atom stereocenters. The largest absolute Gasteiger partial charge is 0.368 e. The Bertz CT molecular complexity index is 530. The van der Waals surface area contributed by atoms with Crippen LogP contribution in [0.1, 0.15) is 17.3 Å². The van der Waals surface area contributed by atoms with Gasteiger partial charge in [-0.1, -0.05) is 12.1 Å². The summed E-state index contributed by atoms with van der Waals surface area (Å²) in [6.45, 7) is 1.42. The molecule has 1 aromatic rings. The van der Waals surface area contributed by atoms with Crippen LogP contribution in [0.15, 0.2) is 33.6 Å². The number of rotatable bonds is 4. The number of benzene rings is 1. The number of hydrogen-bond acceptors (Lipinski definition) is 3. The molecule has 0 saturated heterocycles. The Morgan fingerprint density at radius 1 is 1.24 bits per heavy atom. The average Bonchev–Trinajstić information content (AvgIpc) is 2.27. The smallest absolute Gasteiger partial charge is 0.283 e. The highest BCUT2D eigenvalue weighted by Gasteiger charge is 2.12. The van der Waals surface area contributed by atoms with E-state index in [1.54, 1.807) is 14.1 Å². The van der Waals surface area contributed by atoms with E-state index in [4.69, 9.17) is 0 Å². The highest BCUT2D eigenvalue weighted by molar-refractivity contribution is 7.90. The second kappa shape index (κ2) is 5.09. The summed E-state index contributed by atoms with van der Waals surface area (Å²) < 4.78 is 26.9. The van der Waals surface area contributed by atoms with Crippen molar-refractivity contribution in [1.82, 2.24) is 4.90 Å². The zero-order chi connectivity index (χ0) is 13.1. The minimum Gasteiger partial charge on any atom is -0.368 e. The van der Waals surface area contributed by atoms with E-state index in [-0.39, 0.29) is 10.7 Å². The molecule has 0 aliphatic heterocycles. The lowest BCUT2D eigenvalue weighted by molar-refractivity contribution is 0.101. The topological polar surface area (TPSA) is 66.8 Å². The first-order chi connectivity index (χ1) is 7.83. The molecule has 0 unspecified atom stereocenters. The van der Waals surface area contributed by atoms with Crippen molar-refractivity contribution in [1.29, 1.82) is 0 Å². The first-order valence-corrected chi connectivity index (χ1v) is 6.35. The minimum absolute atomic E-state index is 0.0700. The van der Waals surface area contributed by atoms with Gasteiger partial charge in [0.15, 0.2) is 5.78 Å². The van der Waals surface area contributed by atoms with Crippen molar-refractivity contribution >= 4 is 22.1 Å². The number of carbonyl (C=O) groups excluding carboxylic acids is 1. The molecule has 0 aliphatic rings.